The first-order valence-corrected chi connectivity index (χ1v) is 9.84. The maximum atomic E-state index is 12.5. The molecule has 2 heterocycles. The maximum absolute atomic E-state index is 12.5. The molecule has 0 fully saturated rings. The van der Waals surface area contributed by atoms with Crippen LogP contribution in [-0.2, 0) is 0 Å². The second kappa shape index (κ2) is 7.78. The molecule has 3 aromatic carbocycles. The van der Waals surface area contributed by atoms with Gasteiger partial charge in [-0.15, -0.1) is 0 Å². The molecule has 0 atom stereocenters. The third-order valence-corrected chi connectivity index (χ3v) is 5.17. The lowest BCUT2D eigenvalue weighted by atomic mass is 10.1. The van der Waals surface area contributed by atoms with Crippen LogP contribution in [-0.4, -0.2) is 35.6 Å². The number of fused-ring (bicyclic) bond motifs is 2. The maximum Gasteiger partial charge on any atom is 0.343 e. The Morgan fingerprint density at radius 2 is 0.941 bits per heavy atom. The predicted octanol–water partition coefficient (Wildman–Crippen LogP) is 1.89. The summed E-state index contributed by atoms with van der Waals surface area (Å²) in [6.45, 7) is 0. The van der Waals surface area contributed by atoms with Crippen molar-refractivity contribution in [2.45, 2.75) is 0 Å². The molecule has 2 aliphatic rings. The van der Waals surface area contributed by atoms with E-state index in [1.807, 2.05) is 0 Å². The number of nitrogens with one attached hydrogen (secondary N) is 2. The summed E-state index contributed by atoms with van der Waals surface area (Å²) in [5.74, 6) is -3.71. The lowest BCUT2D eigenvalue weighted by molar-refractivity contribution is 0.0729. The number of benzene rings is 3. The molecular formula is C24H12N2O8. The van der Waals surface area contributed by atoms with Crippen LogP contribution >= 0.6 is 0 Å². The fourth-order valence-electron chi connectivity index (χ4n) is 3.52. The van der Waals surface area contributed by atoms with Gasteiger partial charge in [-0.1, -0.05) is 6.07 Å². The zero-order chi connectivity index (χ0) is 24.0. The largest absolute Gasteiger partial charge is 0.423 e. The van der Waals surface area contributed by atoms with Gasteiger partial charge in [0.1, 0.15) is 11.5 Å². The van der Waals surface area contributed by atoms with Crippen molar-refractivity contribution in [2.24, 2.45) is 0 Å². The molecule has 4 amide bonds. The highest BCUT2D eigenvalue weighted by Crippen LogP contribution is 2.24. The molecule has 0 aromatic heterocycles. The summed E-state index contributed by atoms with van der Waals surface area (Å²) in [5, 5.41) is 4.28. The number of hydrogen-bond acceptors (Lipinski definition) is 8. The van der Waals surface area contributed by atoms with Gasteiger partial charge in [0.25, 0.3) is 23.6 Å². The third kappa shape index (κ3) is 3.58. The van der Waals surface area contributed by atoms with Gasteiger partial charge in [-0.05, 0) is 48.5 Å². The molecule has 166 valence electrons. The lowest BCUT2D eigenvalue weighted by Crippen LogP contribution is -2.19. The van der Waals surface area contributed by atoms with Gasteiger partial charge in [-0.25, -0.2) is 9.59 Å². The summed E-state index contributed by atoms with van der Waals surface area (Å²) in [5.41, 5.74) is 0.598. The smallest absolute Gasteiger partial charge is 0.343 e. The molecule has 0 saturated heterocycles. The fraction of sp³-hybridized carbons (Fsp3) is 0. The van der Waals surface area contributed by atoms with Crippen molar-refractivity contribution in [1.29, 1.82) is 0 Å². The number of amides is 4. The molecule has 10 heteroatoms. The van der Waals surface area contributed by atoms with Crippen LogP contribution in [0.4, 0.5) is 0 Å². The molecule has 0 radical (unpaired) electrons. The minimum Gasteiger partial charge on any atom is -0.423 e. The number of carbonyl (C=O) groups is 6. The summed E-state index contributed by atoms with van der Waals surface area (Å²) in [6.07, 6.45) is 0. The van der Waals surface area contributed by atoms with E-state index >= 15 is 0 Å². The second-order valence-corrected chi connectivity index (χ2v) is 7.34. The van der Waals surface area contributed by atoms with Crippen molar-refractivity contribution in [2.75, 3.05) is 0 Å². The average Bonchev–Trinajstić information content (AvgIpc) is 3.27. The van der Waals surface area contributed by atoms with E-state index < -0.39 is 35.6 Å². The summed E-state index contributed by atoms with van der Waals surface area (Å²) in [7, 11) is 0. The Morgan fingerprint density at radius 1 is 0.529 bits per heavy atom. The summed E-state index contributed by atoms with van der Waals surface area (Å²) in [6, 6.07) is 13.7. The van der Waals surface area contributed by atoms with Crippen molar-refractivity contribution < 1.29 is 38.2 Å². The molecule has 0 spiro atoms. The van der Waals surface area contributed by atoms with E-state index in [0.29, 0.717) is 0 Å². The minimum atomic E-state index is -0.785. The normalized spacial score (nSPS) is 13.6. The van der Waals surface area contributed by atoms with Crippen LogP contribution in [0.25, 0.3) is 0 Å². The van der Waals surface area contributed by atoms with Crippen LogP contribution in [0.2, 0.25) is 0 Å². The highest BCUT2D eigenvalue weighted by atomic mass is 16.5. The number of carbonyl (C=O) groups excluding carboxylic acids is 6. The molecule has 5 rings (SSSR count). The Kier molecular flexibility index (Phi) is 4.75. The number of hydrogen-bond donors (Lipinski definition) is 2. The fourth-order valence-corrected chi connectivity index (χ4v) is 3.52. The SMILES string of the molecule is O=C(Oc1cccc(OC(=O)c2ccc3c(c2)C(=O)NC3=O)c1)c1ccc2c(c1)C(=O)NC2=O. The van der Waals surface area contributed by atoms with Crippen LogP contribution in [0, 0.1) is 0 Å². The van der Waals surface area contributed by atoms with Gasteiger partial charge in [-0.3, -0.25) is 29.8 Å². The first kappa shape index (κ1) is 20.8. The molecule has 0 unspecified atom stereocenters. The number of imide groups is 2. The van der Waals surface area contributed by atoms with Crippen LogP contribution in [0.15, 0.2) is 60.7 Å². The highest BCUT2D eigenvalue weighted by molar-refractivity contribution is 6.22. The van der Waals surface area contributed by atoms with E-state index in [2.05, 4.69) is 10.6 Å². The Hall–Kier alpha value is -5.12. The van der Waals surface area contributed by atoms with Crippen molar-refractivity contribution in [3.05, 3.63) is 94.0 Å². The summed E-state index contributed by atoms with van der Waals surface area (Å²) < 4.78 is 10.6. The van der Waals surface area contributed by atoms with E-state index in [9.17, 15) is 28.8 Å². The number of esters is 2. The Labute approximate surface area is 190 Å². The number of ether oxygens (including phenoxy) is 2. The zero-order valence-corrected chi connectivity index (χ0v) is 17.0. The van der Waals surface area contributed by atoms with Crippen LogP contribution in [0.5, 0.6) is 11.5 Å². The molecular weight excluding hydrogens is 444 g/mol. The lowest BCUT2D eigenvalue weighted by Gasteiger charge is -2.08. The van der Waals surface area contributed by atoms with Gasteiger partial charge in [0.15, 0.2) is 0 Å². The first-order valence-electron chi connectivity index (χ1n) is 9.84. The molecule has 0 aliphatic carbocycles. The number of rotatable bonds is 4. The van der Waals surface area contributed by atoms with Gasteiger partial charge < -0.3 is 9.47 Å². The topological polar surface area (TPSA) is 145 Å². The third-order valence-electron chi connectivity index (χ3n) is 5.17. The first-order chi connectivity index (χ1) is 16.3. The molecule has 2 N–H and O–H groups in total. The van der Waals surface area contributed by atoms with E-state index in [1.165, 1.54) is 60.7 Å². The molecule has 0 bridgehead atoms. The predicted molar refractivity (Wildman–Crippen MR) is 113 cm³/mol. The van der Waals surface area contributed by atoms with Crippen LogP contribution < -0.4 is 20.1 Å². The Bertz CT molecular complexity index is 1370. The molecule has 2 aliphatic heterocycles. The van der Waals surface area contributed by atoms with E-state index in [0.717, 1.165) is 0 Å². The zero-order valence-electron chi connectivity index (χ0n) is 17.0. The van der Waals surface area contributed by atoms with Crippen molar-refractivity contribution >= 4 is 35.6 Å². The van der Waals surface area contributed by atoms with E-state index in [-0.39, 0.29) is 44.9 Å². The minimum absolute atomic E-state index is 0.0527. The quantitative estimate of drug-likeness (QED) is 0.344. The molecule has 34 heavy (non-hydrogen) atoms. The van der Waals surface area contributed by atoms with Gasteiger partial charge in [0.05, 0.1) is 33.4 Å². The van der Waals surface area contributed by atoms with E-state index in [4.69, 9.17) is 9.47 Å². The highest BCUT2D eigenvalue weighted by Gasteiger charge is 2.29. The van der Waals surface area contributed by atoms with Crippen LogP contribution in [0.3, 0.4) is 0 Å². The van der Waals surface area contributed by atoms with Crippen molar-refractivity contribution in [3.63, 3.8) is 0 Å². The van der Waals surface area contributed by atoms with Gasteiger partial charge in [0, 0.05) is 6.07 Å². The monoisotopic (exact) mass is 456 g/mol. The molecule has 0 saturated carbocycles. The van der Waals surface area contributed by atoms with Gasteiger partial charge in [-0.2, -0.15) is 0 Å². The summed E-state index contributed by atoms with van der Waals surface area (Å²) >= 11 is 0. The standard InChI is InChI=1S/C24H12N2O8/c27-19-15-6-4-11(8-17(15)21(29)25-19)23(31)33-13-2-1-3-14(10-13)34-24(32)12-5-7-16-18(9-12)22(30)26-20(16)28/h1-10H,(H,25,27,29)(H,26,28,30). The molecule has 3 aromatic rings. The summed E-state index contributed by atoms with van der Waals surface area (Å²) in [4.78, 5) is 71.9. The Balaban J connectivity index is 1.31. The molecule has 10 nitrogen and oxygen atoms in total. The average molecular weight is 456 g/mol. The van der Waals surface area contributed by atoms with Crippen molar-refractivity contribution in [1.82, 2.24) is 10.6 Å². The van der Waals surface area contributed by atoms with Crippen LogP contribution in [0.1, 0.15) is 62.1 Å². The Morgan fingerprint density at radius 3 is 1.38 bits per heavy atom. The van der Waals surface area contributed by atoms with Gasteiger partial charge >= 0.3 is 11.9 Å². The van der Waals surface area contributed by atoms with Gasteiger partial charge in [0.2, 0.25) is 0 Å². The van der Waals surface area contributed by atoms with Crippen molar-refractivity contribution in [3.8, 4) is 11.5 Å². The van der Waals surface area contributed by atoms with E-state index in [1.54, 1.807) is 0 Å². The second-order valence-electron chi connectivity index (χ2n) is 7.34.